The molecule has 6 heteroatoms. The van der Waals surface area contributed by atoms with Gasteiger partial charge in [0.15, 0.2) is 0 Å². The lowest BCUT2D eigenvalue weighted by Crippen LogP contribution is -2.39. The average Bonchev–Trinajstić information content (AvgIpc) is 2.38. The van der Waals surface area contributed by atoms with Gasteiger partial charge < -0.3 is 15.3 Å². The standard InChI is InChI=1S/C14H19BrN2O3/c1-4-17(8-10(3)13(18)19)14(20)16-12-6-5-9(2)7-11(12)15/h5-7,10H,4,8H2,1-3H3,(H,16,20)(H,18,19). The van der Waals surface area contributed by atoms with Gasteiger partial charge in [0.05, 0.1) is 11.6 Å². The van der Waals surface area contributed by atoms with Crippen LogP contribution in [0.3, 0.4) is 0 Å². The van der Waals surface area contributed by atoms with Gasteiger partial charge in [-0.15, -0.1) is 0 Å². The highest BCUT2D eigenvalue weighted by Gasteiger charge is 2.19. The number of anilines is 1. The molecule has 1 unspecified atom stereocenters. The lowest BCUT2D eigenvalue weighted by Gasteiger charge is -2.23. The predicted octanol–water partition coefficient (Wildman–Crippen LogP) is 3.33. The fourth-order valence-corrected chi connectivity index (χ4v) is 2.27. The van der Waals surface area contributed by atoms with Crippen molar-refractivity contribution in [2.24, 2.45) is 5.92 Å². The number of aliphatic carboxylic acids is 1. The molecule has 1 rings (SSSR count). The first kappa shape index (κ1) is 16.5. The van der Waals surface area contributed by atoms with Crippen molar-refractivity contribution in [2.45, 2.75) is 20.8 Å². The molecule has 0 aliphatic carbocycles. The van der Waals surface area contributed by atoms with Crippen molar-refractivity contribution in [1.29, 1.82) is 0 Å². The molecular weight excluding hydrogens is 324 g/mol. The normalized spacial score (nSPS) is 11.8. The smallest absolute Gasteiger partial charge is 0.321 e. The van der Waals surface area contributed by atoms with Gasteiger partial charge in [-0.3, -0.25) is 4.79 Å². The number of rotatable bonds is 5. The number of aryl methyl sites for hydroxylation is 1. The summed E-state index contributed by atoms with van der Waals surface area (Å²) in [6, 6.07) is 5.32. The zero-order valence-electron chi connectivity index (χ0n) is 11.8. The van der Waals surface area contributed by atoms with Crippen LogP contribution in [0.2, 0.25) is 0 Å². The first-order chi connectivity index (χ1) is 9.35. The van der Waals surface area contributed by atoms with Crippen molar-refractivity contribution in [3.05, 3.63) is 28.2 Å². The third-order valence-electron chi connectivity index (χ3n) is 2.95. The number of hydrogen-bond donors (Lipinski definition) is 2. The number of halogens is 1. The summed E-state index contributed by atoms with van der Waals surface area (Å²) in [5.74, 6) is -1.50. The van der Waals surface area contributed by atoms with Gasteiger partial charge in [0.25, 0.3) is 0 Å². The molecule has 0 saturated carbocycles. The molecule has 110 valence electrons. The van der Waals surface area contributed by atoms with E-state index in [0.717, 1.165) is 10.0 Å². The number of urea groups is 1. The Labute approximate surface area is 127 Å². The van der Waals surface area contributed by atoms with Crippen LogP contribution in [0.1, 0.15) is 19.4 Å². The first-order valence-electron chi connectivity index (χ1n) is 6.40. The molecule has 0 aliphatic rings. The molecule has 0 radical (unpaired) electrons. The molecule has 1 aromatic carbocycles. The Morgan fingerprint density at radius 2 is 2.10 bits per heavy atom. The Kier molecular flexibility index (Phi) is 6.01. The number of carbonyl (C=O) groups excluding carboxylic acids is 1. The van der Waals surface area contributed by atoms with Gasteiger partial charge in [-0.1, -0.05) is 13.0 Å². The fourth-order valence-electron chi connectivity index (χ4n) is 1.68. The Balaban J connectivity index is 2.74. The summed E-state index contributed by atoms with van der Waals surface area (Å²) < 4.78 is 0.799. The SMILES string of the molecule is CCN(CC(C)C(=O)O)C(=O)Nc1ccc(C)cc1Br. The maximum absolute atomic E-state index is 12.1. The van der Waals surface area contributed by atoms with Crippen molar-refractivity contribution in [3.63, 3.8) is 0 Å². The van der Waals surface area contributed by atoms with E-state index in [0.29, 0.717) is 12.2 Å². The van der Waals surface area contributed by atoms with E-state index in [2.05, 4.69) is 21.2 Å². The predicted molar refractivity (Wildman–Crippen MR) is 81.9 cm³/mol. The van der Waals surface area contributed by atoms with Crippen molar-refractivity contribution in [1.82, 2.24) is 4.90 Å². The number of nitrogens with zero attached hydrogens (tertiary/aromatic N) is 1. The maximum atomic E-state index is 12.1. The summed E-state index contributed by atoms with van der Waals surface area (Å²) in [5.41, 5.74) is 1.75. The van der Waals surface area contributed by atoms with Gasteiger partial charge >= 0.3 is 12.0 Å². The van der Waals surface area contributed by atoms with Crippen LogP contribution in [0.4, 0.5) is 10.5 Å². The number of nitrogens with one attached hydrogen (secondary N) is 1. The Morgan fingerprint density at radius 1 is 1.45 bits per heavy atom. The molecule has 20 heavy (non-hydrogen) atoms. The number of carboxylic acids is 1. The van der Waals surface area contributed by atoms with Gasteiger partial charge in [0.2, 0.25) is 0 Å². The summed E-state index contributed by atoms with van der Waals surface area (Å²) in [4.78, 5) is 24.5. The van der Waals surface area contributed by atoms with Crippen molar-refractivity contribution < 1.29 is 14.7 Å². The van der Waals surface area contributed by atoms with Crippen LogP contribution in [0.15, 0.2) is 22.7 Å². The second kappa shape index (κ2) is 7.28. The molecule has 0 aromatic heterocycles. The fraction of sp³-hybridized carbons (Fsp3) is 0.429. The molecule has 0 heterocycles. The van der Waals surface area contributed by atoms with E-state index >= 15 is 0 Å². The zero-order chi connectivity index (χ0) is 15.3. The highest BCUT2D eigenvalue weighted by atomic mass is 79.9. The number of amides is 2. The zero-order valence-corrected chi connectivity index (χ0v) is 13.4. The number of hydrogen-bond acceptors (Lipinski definition) is 2. The molecule has 0 spiro atoms. The van der Waals surface area contributed by atoms with Crippen molar-refractivity contribution in [2.75, 3.05) is 18.4 Å². The van der Waals surface area contributed by atoms with Crippen LogP contribution in [0.25, 0.3) is 0 Å². The summed E-state index contributed by atoms with van der Waals surface area (Å²) in [7, 11) is 0. The van der Waals surface area contributed by atoms with Gasteiger partial charge in [-0.05, 0) is 47.5 Å². The van der Waals surface area contributed by atoms with E-state index in [1.165, 1.54) is 4.90 Å². The van der Waals surface area contributed by atoms with Gasteiger partial charge in [-0.2, -0.15) is 0 Å². The molecular formula is C14H19BrN2O3. The number of benzene rings is 1. The highest BCUT2D eigenvalue weighted by molar-refractivity contribution is 9.10. The van der Waals surface area contributed by atoms with Crippen molar-refractivity contribution in [3.8, 4) is 0 Å². The van der Waals surface area contributed by atoms with E-state index in [1.807, 2.05) is 32.0 Å². The minimum Gasteiger partial charge on any atom is -0.481 e. The monoisotopic (exact) mass is 342 g/mol. The molecule has 0 bridgehead atoms. The van der Waals surface area contributed by atoms with Crippen molar-refractivity contribution >= 4 is 33.6 Å². The minimum atomic E-state index is -0.909. The lowest BCUT2D eigenvalue weighted by atomic mass is 10.2. The van der Waals surface area contributed by atoms with Crippen LogP contribution in [-0.2, 0) is 4.79 Å². The molecule has 1 atom stereocenters. The average molecular weight is 343 g/mol. The summed E-state index contributed by atoms with van der Waals surface area (Å²) in [5, 5.41) is 11.7. The van der Waals surface area contributed by atoms with Crippen LogP contribution in [0, 0.1) is 12.8 Å². The summed E-state index contributed by atoms with van der Waals surface area (Å²) in [6.07, 6.45) is 0. The Morgan fingerprint density at radius 3 is 2.60 bits per heavy atom. The van der Waals surface area contributed by atoms with Gasteiger partial charge in [0, 0.05) is 17.6 Å². The quantitative estimate of drug-likeness (QED) is 0.862. The van der Waals surface area contributed by atoms with Crippen LogP contribution >= 0.6 is 15.9 Å². The number of carbonyl (C=O) groups is 2. The Hall–Kier alpha value is -1.56. The van der Waals surface area contributed by atoms with E-state index in [-0.39, 0.29) is 12.6 Å². The minimum absolute atomic E-state index is 0.182. The highest BCUT2D eigenvalue weighted by Crippen LogP contribution is 2.23. The van der Waals surface area contributed by atoms with Crippen LogP contribution in [-0.4, -0.2) is 35.1 Å². The second-order valence-electron chi connectivity index (χ2n) is 4.69. The largest absolute Gasteiger partial charge is 0.481 e. The third-order valence-corrected chi connectivity index (χ3v) is 3.61. The second-order valence-corrected chi connectivity index (χ2v) is 5.55. The van der Waals surface area contributed by atoms with Crippen LogP contribution in [0.5, 0.6) is 0 Å². The lowest BCUT2D eigenvalue weighted by molar-refractivity contribution is -0.141. The molecule has 2 N–H and O–H groups in total. The van der Waals surface area contributed by atoms with E-state index in [9.17, 15) is 9.59 Å². The molecule has 0 fully saturated rings. The van der Waals surface area contributed by atoms with Gasteiger partial charge in [-0.25, -0.2) is 4.79 Å². The summed E-state index contributed by atoms with van der Waals surface area (Å²) in [6.45, 7) is 6.00. The molecule has 2 amide bonds. The topological polar surface area (TPSA) is 69.6 Å². The molecule has 0 saturated heterocycles. The molecule has 1 aromatic rings. The first-order valence-corrected chi connectivity index (χ1v) is 7.19. The molecule has 5 nitrogen and oxygen atoms in total. The van der Waals surface area contributed by atoms with Crippen LogP contribution < -0.4 is 5.32 Å². The van der Waals surface area contributed by atoms with E-state index < -0.39 is 11.9 Å². The number of carboxylic acid groups (broad SMARTS) is 1. The third kappa shape index (κ3) is 4.52. The van der Waals surface area contributed by atoms with E-state index in [4.69, 9.17) is 5.11 Å². The summed E-state index contributed by atoms with van der Waals surface area (Å²) >= 11 is 3.39. The molecule has 0 aliphatic heterocycles. The maximum Gasteiger partial charge on any atom is 0.321 e. The Bertz CT molecular complexity index is 505. The van der Waals surface area contributed by atoms with E-state index in [1.54, 1.807) is 6.92 Å². The van der Waals surface area contributed by atoms with Gasteiger partial charge in [0.1, 0.15) is 0 Å².